The number of hydrogen-bond donors (Lipinski definition) is 2. The molecule has 0 atom stereocenters. The van der Waals surface area contributed by atoms with Gasteiger partial charge in [0.2, 0.25) is 5.91 Å². The number of rotatable bonds is 4. The second-order valence-electron chi connectivity index (χ2n) is 7.72. The molecule has 0 radical (unpaired) electrons. The first-order valence-corrected chi connectivity index (χ1v) is 10.2. The molecule has 0 aliphatic carbocycles. The maximum atomic E-state index is 12.5. The molecular formula is C19H25ClN2O3S2. The molecule has 2 N–H and O–H groups in total. The van der Waals surface area contributed by atoms with Crippen molar-refractivity contribution in [3.63, 3.8) is 0 Å². The third kappa shape index (κ3) is 4.54. The van der Waals surface area contributed by atoms with E-state index in [0.29, 0.717) is 23.4 Å². The van der Waals surface area contributed by atoms with Gasteiger partial charge in [0.15, 0.2) is 0 Å². The lowest BCUT2D eigenvalue weighted by molar-refractivity contribution is -0.115. The molecule has 0 aromatic carbocycles. The quantitative estimate of drug-likeness (QED) is 0.710. The molecule has 2 aromatic heterocycles. The van der Waals surface area contributed by atoms with E-state index in [1.807, 2.05) is 17.5 Å². The number of methoxy groups -OCH3 is 1. The fourth-order valence-corrected chi connectivity index (χ4v) is 5.66. The van der Waals surface area contributed by atoms with E-state index in [0.717, 1.165) is 15.3 Å². The van der Waals surface area contributed by atoms with Crippen LogP contribution in [-0.2, 0) is 27.9 Å². The van der Waals surface area contributed by atoms with Crippen LogP contribution in [0.2, 0.25) is 0 Å². The van der Waals surface area contributed by atoms with Crippen molar-refractivity contribution in [1.29, 1.82) is 0 Å². The third-order valence-corrected chi connectivity index (χ3v) is 6.75. The summed E-state index contributed by atoms with van der Waals surface area (Å²) in [4.78, 5) is 27.0. The fraction of sp³-hybridized carbons (Fsp3) is 0.474. The molecule has 0 bridgehead atoms. The van der Waals surface area contributed by atoms with E-state index in [9.17, 15) is 9.59 Å². The van der Waals surface area contributed by atoms with Gasteiger partial charge >= 0.3 is 5.97 Å². The van der Waals surface area contributed by atoms with E-state index >= 15 is 0 Å². The molecular weight excluding hydrogens is 404 g/mol. The van der Waals surface area contributed by atoms with E-state index < -0.39 is 5.97 Å². The first-order valence-electron chi connectivity index (χ1n) is 8.49. The largest absolute Gasteiger partial charge is 0.465 e. The summed E-state index contributed by atoms with van der Waals surface area (Å²) in [6, 6.07) is 3.85. The zero-order valence-corrected chi connectivity index (χ0v) is 18.5. The minimum Gasteiger partial charge on any atom is -0.465 e. The zero-order valence-electron chi connectivity index (χ0n) is 16.1. The van der Waals surface area contributed by atoms with Crippen molar-refractivity contribution in [2.75, 3.05) is 12.4 Å². The summed E-state index contributed by atoms with van der Waals surface area (Å²) in [5.41, 5.74) is 1.02. The number of nitrogens with one attached hydrogen (secondary N) is 2. The second kappa shape index (κ2) is 7.91. The molecule has 27 heavy (non-hydrogen) atoms. The summed E-state index contributed by atoms with van der Waals surface area (Å²) in [5, 5.41) is 9.09. The highest BCUT2D eigenvalue weighted by Crippen LogP contribution is 2.45. The molecule has 3 heterocycles. The number of thiophene rings is 2. The van der Waals surface area contributed by atoms with Gasteiger partial charge in [-0.25, -0.2) is 4.79 Å². The number of carbonyl (C=O) groups excluding carboxylic acids is 2. The van der Waals surface area contributed by atoms with Gasteiger partial charge in [0.1, 0.15) is 5.00 Å². The van der Waals surface area contributed by atoms with Crippen LogP contribution in [0.15, 0.2) is 17.5 Å². The monoisotopic (exact) mass is 428 g/mol. The summed E-state index contributed by atoms with van der Waals surface area (Å²) in [7, 11) is 1.38. The van der Waals surface area contributed by atoms with Crippen LogP contribution >= 0.6 is 35.1 Å². The maximum absolute atomic E-state index is 12.5. The van der Waals surface area contributed by atoms with Gasteiger partial charge in [0.25, 0.3) is 0 Å². The topological polar surface area (TPSA) is 67.4 Å². The summed E-state index contributed by atoms with van der Waals surface area (Å²) in [6.45, 7) is 8.43. The normalized spacial score (nSPS) is 16.8. The number of carbonyl (C=O) groups is 2. The van der Waals surface area contributed by atoms with Crippen LogP contribution in [0, 0.1) is 0 Å². The molecule has 0 saturated carbocycles. The molecule has 3 rings (SSSR count). The first kappa shape index (κ1) is 21.9. The summed E-state index contributed by atoms with van der Waals surface area (Å²) in [5.74, 6) is -0.524. The Kier molecular flexibility index (Phi) is 6.41. The van der Waals surface area contributed by atoms with Crippen molar-refractivity contribution in [2.24, 2.45) is 0 Å². The lowest BCUT2D eigenvalue weighted by atomic mass is 9.81. The van der Waals surface area contributed by atoms with E-state index in [-0.39, 0.29) is 29.4 Å². The number of anilines is 1. The molecule has 1 aliphatic heterocycles. The van der Waals surface area contributed by atoms with E-state index in [2.05, 4.69) is 38.3 Å². The van der Waals surface area contributed by atoms with Crippen LogP contribution in [0.5, 0.6) is 0 Å². The van der Waals surface area contributed by atoms with Gasteiger partial charge in [-0.1, -0.05) is 6.07 Å². The van der Waals surface area contributed by atoms with Crippen molar-refractivity contribution in [3.8, 4) is 0 Å². The fourth-order valence-electron chi connectivity index (χ4n) is 3.68. The molecule has 1 amide bonds. The number of amides is 1. The molecule has 5 nitrogen and oxygen atoms in total. The smallest absolute Gasteiger partial charge is 0.341 e. The maximum Gasteiger partial charge on any atom is 0.341 e. The first-order chi connectivity index (χ1) is 12.1. The van der Waals surface area contributed by atoms with Crippen molar-refractivity contribution < 1.29 is 14.3 Å². The number of hydrogen-bond acceptors (Lipinski definition) is 6. The molecule has 148 valence electrons. The van der Waals surface area contributed by atoms with Crippen molar-refractivity contribution >= 4 is 52.0 Å². The Labute approximate surface area is 173 Å². The average Bonchev–Trinajstić information content (AvgIpc) is 3.13. The molecule has 2 aromatic rings. The van der Waals surface area contributed by atoms with Crippen molar-refractivity contribution in [1.82, 2.24) is 5.32 Å². The van der Waals surface area contributed by atoms with Crippen LogP contribution in [0.25, 0.3) is 0 Å². The van der Waals surface area contributed by atoms with Gasteiger partial charge < -0.3 is 15.4 Å². The number of esters is 1. The number of ether oxygens (including phenoxy) is 1. The van der Waals surface area contributed by atoms with Crippen LogP contribution in [0.1, 0.15) is 53.4 Å². The Hall–Kier alpha value is -1.41. The standard InChI is InChI=1S/C19H24N2O3S2.ClH/c1-18(2)10-12-14(17(23)24-5)16(26-15(12)19(3,4)21-18)20-13(22)9-11-7-6-8-25-11;/h6-8,21H,9-10H2,1-5H3,(H,20,22);1H. The van der Waals surface area contributed by atoms with E-state index in [1.54, 1.807) is 11.3 Å². The molecule has 0 spiro atoms. The zero-order chi connectivity index (χ0) is 19.1. The minimum absolute atomic E-state index is 0. The van der Waals surface area contributed by atoms with Gasteiger partial charge in [-0.15, -0.1) is 35.1 Å². The van der Waals surface area contributed by atoms with Gasteiger partial charge in [-0.2, -0.15) is 0 Å². The highest BCUT2D eigenvalue weighted by atomic mass is 35.5. The van der Waals surface area contributed by atoms with Crippen LogP contribution < -0.4 is 10.6 Å². The summed E-state index contributed by atoms with van der Waals surface area (Å²) < 4.78 is 5.02. The Balaban J connectivity index is 0.00000261. The van der Waals surface area contributed by atoms with Gasteiger partial charge in [0, 0.05) is 20.8 Å². The van der Waals surface area contributed by atoms with Crippen molar-refractivity contribution in [3.05, 3.63) is 38.4 Å². The van der Waals surface area contributed by atoms with Gasteiger partial charge in [0.05, 0.1) is 19.1 Å². The van der Waals surface area contributed by atoms with Crippen molar-refractivity contribution in [2.45, 2.75) is 51.6 Å². The Bertz CT molecular complexity index is 842. The van der Waals surface area contributed by atoms with Crippen LogP contribution in [-0.4, -0.2) is 24.5 Å². The SMILES string of the molecule is COC(=O)c1c(NC(=O)Cc2cccs2)sc2c1CC(C)(C)NC2(C)C.Cl. The Morgan fingerprint density at radius 2 is 2.00 bits per heavy atom. The van der Waals surface area contributed by atoms with E-state index in [4.69, 9.17) is 4.74 Å². The van der Waals surface area contributed by atoms with Crippen LogP contribution in [0.4, 0.5) is 5.00 Å². The van der Waals surface area contributed by atoms with Crippen LogP contribution in [0.3, 0.4) is 0 Å². The predicted molar refractivity (Wildman–Crippen MR) is 114 cm³/mol. The predicted octanol–water partition coefficient (Wildman–Crippen LogP) is 4.36. The van der Waals surface area contributed by atoms with E-state index in [1.165, 1.54) is 18.4 Å². The molecule has 0 fully saturated rings. The lowest BCUT2D eigenvalue weighted by Gasteiger charge is -2.42. The highest BCUT2D eigenvalue weighted by molar-refractivity contribution is 7.17. The highest BCUT2D eigenvalue weighted by Gasteiger charge is 2.42. The van der Waals surface area contributed by atoms with Gasteiger partial charge in [-0.05, 0) is 51.1 Å². The Morgan fingerprint density at radius 1 is 1.30 bits per heavy atom. The summed E-state index contributed by atoms with van der Waals surface area (Å²) in [6.07, 6.45) is 1.00. The number of fused-ring (bicyclic) bond motifs is 1. The lowest BCUT2D eigenvalue weighted by Crippen LogP contribution is -2.55. The van der Waals surface area contributed by atoms with Gasteiger partial charge in [-0.3, -0.25) is 4.79 Å². The third-order valence-electron chi connectivity index (χ3n) is 4.40. The average molecular weight is 429 g/mol. The molecule has 0 saturated heterocycles. The second-order valence-corrected chi connectivity index (χ2v) is 9.77. The minimum atomic E-state index is -0.401. The molecule has 1 aliphatic rings. The summed E-state index contributed by atoms with van der Waals surface area (Å²) >= 11 is 3.01. The number of halogens is 1. The molecule has 8 heteroatoms. The molecule has 0 unspecified atom stereocenters. The Morgan fingerprint density at radius 3 is 2.59 bits per heavy atom.